The molecule has 0 bridgehead atoms. The number of carbonyl (C=O) groups is 1. The average molecular weight is 409 g/mol. The highest BCUT2D eigenvalue weighted by molar-refractivity contribution is 5.75. The van der Waals surface area contributed by atoms with Gasteiger partial charge in [0.2, 0.25) is 5.91 Å². The fraction of sp³-hybridized carbons (Fsp3) is 0.348. The number of hydrogen-bond acceptors (Lipinski definition) is 5. The fourth-order valence-electron chi connectivity index (χ4n) is 2.95. The van der Waals surface area contributed by atoms with E-state index in [-0.39, 0.29) is 5.91 Å². The van der Waals surface area contributed by atoms with E-state index in [1.807, 2.05) is 44.2 Å². The maximum Gasteiger partial charge on any atom is 0.220 e. The van der Waals surface area contributed by atoms with E-state index in [0.717, 1.165) is 35.5 Å². The Balaban J connectivity index is 1.35. The van der Waals surface area contributed by atoms with Crippen LogP contribution in [0.25, 0.3) is 11.4 Å². The Hall–Kier alpha value is -3.35. The molecule has 0 aliphatic rings. The molecule has 2 N–H and O–H groups in total. The van der Waals surface area contributed by atoms with E-state index < -0.39 is 0 Å². The van der Waals surface area contributed by atoms with Gasteiger partial charge in [0.25, 0.3) is 0 Å². The predicted octanol–water partition coefficient (Wildman–Crippen LogP) is 3.96. The van der Waals surface area contributed by atoms with Crippen LogP contribution in [-0.2, 0) is 11.3 Å². The molecule has 0 unspecified atom stereocenters. The Morgan fingerprint density at radius 2 is 1.90 bits per heavy atom. The SMILES string of the molecule is COc1ccc(-c2n[nH]c(CNC(=O)CCCCOc3cc(C)ccc3C)n2)cc1. The minimum absolute atomic E-state index is 0.0101. The van der Waals surface area contributed by atoms with Crippen molar-refractivity contribution in [1.82, 2.24) is 20.5 Å². The second kappa shape index (κ2) is 10.4. The first kappa shape index (κ1) is 21.4. The molecule has 3 aromatic rings. The summed E-state index contributed by atoms with van der Waals surface area (Å²) in [6, 6.07) is 13.7. The molecule has 30 heavy (non-hydrogen) atoms. The maximum atomic E-state index is 12.1. The molecule has 1 aromatic heterocycles. The first-order valence-corrected chi connectivity index (χ1v) is 10.1. The van der Waals surface area contributed by atoms with Crippen LogP contribution in [0.3, 0.4) is 0 Å². The van der Waals surface area contributed by atoms with Gasteiger partial charge in [0.1, 0.15) is 17.3 Å². The standard InChI is InChI=1S/C23H28N4O3/c1-16-7-8-17(2)20(14-16)30-13-5-4-6-22(28)24-15-21-25-23(27-26-21)18-9-11-19(29-3)12-10-18/h7-12,14H,4-6,13,15H2,1-3H3,(H,24,28)(H,25,26,27). The van der Waals surface area contributed by atoms with Crippen LogP contribution in [0.4, 0.5) is 0 Å². The lowest BCUT2D eigenvalue weighted by Gasteiger charge is -2.09. The van der Waals surface area contributed by atoms with Crippen molar-refractivity contribution in [2.24, 2.45) is 0 Å². The van der Waals surface area contributed by atoms with Gasteiger partial charge < -0.3 is 14.8 Å². The van der Waals surface area contributed by atoms with Gasteiger partial charge in [0, 0.05) is 12.0 Å². The highest BCUT2D eigenvalue weighted by atomic mass is 16.5. The van der Waals surface area contributed by atoms with Gasteiger partial charge in [-0.05, 0) is 68.1 Å². The van der Waals surface area contributed by atoms with E-state index in [9.17, 15) is 4.79 Å². The third-order valence-corrected chi connectivity index (χ3v) is 4.73. The van der Waals surface area contributed by atoms with Crippen molar-refractivity contribution < 1.29 is 14.3 Å². The minimum atomic E-state index is -0.0101. The summed E-state index contributed by atoms with van der Waals surface area (Å²) in [5, 5.41) is 9.94. The summed E-state index contributed by atoms with van der Waals surface area (Å²) in [6.45, 7) is 5.00. The zero-order valence-electron chi connectivity index (χ0n) is 17.7. The lowest BCUT2D eigenvalue weighted by atomic mass is 10.1. The van der Waals surface area contributed by atoms with Gasteiger partial charge in [-0.2, -0.15) is 5.10 Å². The molecular formula is C23H28N4O3. The van der Waals surface area contributed by atoms with Crippen LogP contribution in [0.15, 0.2) is 42.5 Å². The van der Waals surface area contributed by atoms with Crippen molar-refractivity contribution in [3.8, 4) is 22.9 Å². The molecule has 0 spiro atoms. The predicted molar refractivity (Wildman–Crippen MR) is 115 cm³/mol. The molecule has 0 fully saturated rings. The molecule has 7 nitrogen and oxygen atoms in total. The molecule has 2 aromatic carbocycles. The quantitative estimate of drug-likeness (QED) is 0.496. The molecule has 0 saturated heterocycles. The summed E-state index contributed by atoms with van der Waals surface area (Å²) >= 11 is 0. The number of aryl methyl sites for hydroxylation is 2. The van der Waals surface area contributed by atoms with Gasteiger partial charge in [0.05, 0.1) is 20.3 Å². The molecule has 0 atom stereocenters. The van der Waals surface area contributed by atoms with E-state index in [0.29, 0.717) is 31.2 Å². The second-order valence-electron chi connectivity index (χ2n) is 7.19. The van der Waals surface area contributed by atoms with Gasteiger partial charge in [-0.1, -0.05) is 12.1 Å². The second-order valence-corrected chi connectivity index (χ2v) is 7.19. The number of hydrogen-bond donors (Lipinski definition) is 2. The highest BCUT2D eigenvalue weighted by Crippen LogP contribution is 2.20. The molecule has 1 heterocycles. The zero-order valence-corrected chi connectivity index (χ0v) is 17.7. The van der Waals surface area contributed by atoms with Crippen molar-refractivity contribution >= 4 is 5.91 Å². The number of rotatable bonds is 10. The molecule has 158 valence electrons. The number of benzene rings is 2. The Labute approximate surface area is 176 Å². The van der Waals surface area contributed by atoms with Crippen LogP contribution in [0.5, 0.6) is 11.5 Å². The first-order chi connectivity index (χ1) is 14.5. The van der Waals surface area contributed by atoms with Gasteiger partial charge in [-0.15, -0.1) is 0 Å². The van der Waals surface area contributed by atoms with Crippen molar-refractivity contribution in [3.63, 3.8) is 0 Å². The summed E-state index contributed by atoms with van der Waals surface area (Å²) < 4.78 is 11.0. The smallest absolute Gasteiger partial charge is 0.220 e. The number of ether oxygens (including phenoxy) is 2. The number of nitrogens with zero attached hydrogens (tertiary/aromatic N) is 2. The van der Waals surface area contributed by atoms with Crippen molar-refractivity contribution in [1.29, 1.82) is 0 Å². The highest BCUT2D eigenvalue weighted by Gasteiger charge is 2.08. The fourth-order valence-corrected chi connectivity index (χ4v) is 2.95. The normalized spacial score (nSPS) is 10.6. The summed E-state index contributed by atoms with van der Waals surface area (Å²) in [6.07, 6.45) is 2.05. The molecule has 0 saturated carbocycles. The summed E-state index contributed by atoms with van der Waals surface area (Å²) in [4.78, 5) is 16.5. The monoisotopic (exact) mass is 408 g/mol. The third kappa shape index (κ3) is 6.07. The van der Waals surface area contributed by atoms with Gasteiger partial charge in [-0.3, -0.25) is 9.89 Å². The molecule has 0 radical (unpaired) electrons. The number of carbonyl (C=O) groups excluding carboxylic acids is 1. The number of aromatic nitrogens is 3. The largest absolute Gasteiger partial charge is 0.497 e. The third-order valence-electron chi connectivity index (χ3n) is 4.73. The molecule has 7 heteroatoms. The minimum Gasteiger partial charge on any atom is -0.497 e. The Bertz CT molecular complexity index is 967. The molecular weight excluding hydrogens is 380 g/mol. The zero-order chi connectivity index (χ0) is 21.3. The van der Waals surface area contributed by atoms with Crippen LogP contribution in [0, 0.1) is 13.8 Å². The number of aromatic amines is 1. The summed E-state index contributed by atoms with van der Waals surface area (Å²) in [5.41, 5.74) is 3.19. The van der Waals surface area contributed by atoms with E-state index in [1.165, 1.54) is 5.56 Å². The van der Waals surface area contributed by atoms with Crippen LogP contribution >= 0.6 is 0 Å². The first-order valence-electron chi connectivity index (χ1n) is 10.1. The number of amides is 1. The molecule has 0 aliphatic heterocycles. The number of H-pyrrole nitrogens is 1. The number of nitrogens with one attached hydrogen (secondary N) is 2. The van der Waals surface area contributed by atoms with Crippen molar-refractivity contribution in [2.75, 3.05) is 13.7 Å². The van der Waals surface area contributed by atoms with E-state index >= 15 is 0 Å². The lowest BCUT2D eigenvalue weighted by molar-refractivity contribution is -0.121. The summed E-state index contributed by atoms with van der Waals surface area (Å²) in [5.74, 6) is 2.89. The van der Waals surface area contributed by atoms with E-state index in [1.54, 1.807) is 7.11 Å². The number of unbranched alkanes of at least 4 members (excludes halogenated alkanes) is 1. The van der Waals surface area contributed by atoms with Gasteiger partial charge in [0.15, 0.2) is 5.82 Å². The molecule has 1 amide bonds. The van der Waals surface area contributed by atoms with Crippen LogP contribution in [0.2, 0.25) is 0 Å². The van der Waals surface area contributed by atoms with Crippen molar-refractivity contribution in [2.45, 2.75) is 39.7 Å². The average Bonchev–Trinajstić information content (AvgIpc) is 3.23. The van der Waals surface area contributed by atoms with Crippen LogP contribution in [-0.4, -0.2) is 34.8 Å². The van der Waals surface area contributed by atoms with Gasteiger partial charge >= 0.3 is 0 Å². The Kier molecular flexibility index (Phi) is 7.43. The Morgan fingerprint density at radius 1 is 1.10 bits per heavy atom. The van der Waals surface area contributed by atoms with Crippen LogP contribution in [0.1, 0.15) is 36.2 Å². The number of methoxy groups -OCH3 is 1. The lowest BCUT2D eigenvalue weighted by Crippen LogP contribution is -2.23. The maximum absolute atomic E-state index is 12.1. The van der Waals surface area contributed by atoms with Gasteiger partial charge in [-0.25, -0.2) is 4.98 Å². The summed E-state index contributed by atoms with van der Waals surface area (Å²) in [7, 11) is 1.63. The topological polar surface area (TPSA) is 89.1 Å². The van der Waals surface area contributed by atoms with E-state index in [2.05, 4.69) is 32.6 Å². The van der Waals surface area contributed by atoms with Crippen molar-refractivity contribution in [3.05, 3.63) is 59.4 Å². The van der Waals surface area contributed by atoms with E-state index in [4.69, 9.17) is 9.47 Å². The molecule has 0 aliphatic carbocycles. The van der Waals surface area contributed by atoms with Crippen LogP contribution < -0.4 is 14.8 Å². The Morgan fingerprint density at radius 3 is 2.67 bits per heavy atom. The molecule has 3 rings (SSSR count).